The molecule has 0 saturated carbocycles. The van der Waals surface area contributed by atoms with Crippen LogP contribution in [0.3, 0.4) is 0 Å². The average Bonchev–Trinajstić information content (AvgIpc) is 2.59. The Balaban J connectivity index is 2.17. The third-order valence-electron chi connectivity index (χ3n) is 2.70. The van der Waals surface area contributed by atoms with Gasteiger partial charge in [-0.15, -0.1) is 0 Å². The lowest BCUT2D eigenvalue weighted by atomic mass is 10.2. The Morgan fingerprint density at radius 3 is 2.93 bits per heavy atom. The van der Waals surface area contributed by atoms with E-state index in [-0.39, 0.29) is 6.61 Å². The van der Waals surface area contributed by atoms with Crippen LogP contribution in [0.4, 0.5) is 0 Å². The van der Waals surface area contributed by atoms with E-state index >= 15 is 0 Å². The number of ether oxygens (including phenoxy) is 1. The number of thioether (sulfide) groups is 1. The van der Waals surface area contributed by atoms with E-state index in [4.69, 9.17) is 9.84 Å². The number of rotatable bonds is 6. The van der Waals surface area contributed by atoms with Crippen LogP contribution >= 0.6 is 11.8 Å². The fourth-order valence-corrected chi connectivity index (χ4v) is 3.06. The molecule has 84 valence electrons. The van der Waals surface area contributed by atoms with Gasteiger partial charge >= 0.3 is 0 Å². The van der Waals surface area contributed by atoms with E-state index < -0.39 is 0 Å². The van der Waals surface area contributed by atoms with Crippen molar-refractivity contribution < 1.29 is 9.84 Å². The molecule has 3 nitrogen and oxygen atoms in total. The second-order valence-corrected chi connectivity index (χ2v) is 5.01. The van der Waals surface area contributed by atoms with Gasteiger partial charge in [0.15, 0.2) is 0 Å². The molecule has 1 heterocycles. The van der Waals surface area contributed by atoms with E-state index in [9.17, 15) is 0 Å². The first kappa shape index (κ1) is 12.3. The summed E-state index contributed by atoms with van der Waals surface area (Å²) in [6.45, 7) is 3.32. The largest absolute Gasteiger partial charge is 0.396 e. The van der Waals surface area contributed by atoms with Crippen molar-refractivity contribution in [3.05, 3.63) is 0 Å². The maximum absolute atomic E-state index is 8.84. The monoisotopic (exact) mass is 219 g/mol. The lowest BCUT2D eigenvalue weighted by molar-refractivity contribution is 0.127. The minimum atomic E-state index is 0.267. The minimum Gasteiger partial charge on any atom is -0.396 e. The van der Waals surface area contributed by atoms with Crippen LogP contribution < -0.4 is 5.32 Å². The van der Waals surface area contributed by atoms with Gasteiger partial charge in [0.1, 0.15) is 0 Å². The van der Waals surface area contributed by atoms with Crippen molar-refractivity contribution in [2.45, 2.75) is 37.2 Å². The normalized spacial score (nSPS) is 29.4. The molecule has 3 unspecified atom stereocenters. The second-order valence-electron chi connectivity index (χ2n) is 3.73. The molecule has 0 aromatic carbocycles. The van der Waals surface area contributed by atoms with Crippen LogP contribution in [-0.2, 0) is 4.74 Å². The summed E-state index contributed by atoms with van der Waals surface area (Å²) in [6, 6.07) is 0.429. The molecule has 0 radical (unpaired) electrons. The van der Waals surface area contributed by atoms with Gasteiger partial charge in [-0.25, -0.2) is 0 Å². The van der Waals surface area contributed by atoms with Crippen molar-refractivity contribution in [3.63, 3.8) is 0 Å². The Morgan fingerprint density at radius 1 is 1.64 bits per heavy atom. The van der Waals surface area contributed by atoms with Gasteiger partial charge in [0.2, 0.25) is 0 Å². The first-order valence-corrected chi connectivity index (χ1v) is 6.34. The van der Waals surface area contributed by atoms with Gasteiger partial charge in [-0.3, -0.25) is 0 Å². The highest BCUT2D eigenvalue weighted by Gasteiger charge is 2.25. The Bertz CT molecular complexity index is 157. The molecule has 0 bridgehead atoms. The molecule has 1 saturated heterocycles. The van der Waals surface area contributed by atoms with Crippen molar-refractivity contribution in [1.82, 2.24) is 5.32 Å². The van der Waals surface area contributed by atoms with Crippen LogP contribution in [0.15, 0.2) is 0 Å². The van der Waals surface area contributed by atoms with Crippen LogP contribution in [0, 0.1) is 0 Å². The third-order valence-corrected chi connectivity index (χ3v) is 4.35. The maximum atomic E-state index is 8.84. The summed E-state index contributed by atoms with van der Waals surface area (Å²) in [5.74, 6) is 1.06. The number of hydrogen-bond acceptors (Lipinski definition) is 4. The first-order valence-electron chi connectivity index (χ1n) is 5.29. The third kappa shape index (κ3) is 3.77. The van der Waals surface area contributed by atoms with Crippen LogP contribution in [0.2, 0.25) is 0 Å². The molecule has 4 heteroatoms. The SMILES string of the molecule is CNC(CCO)CSC1CCOC1C. The first-order chi connectivity index (χ1) is 6.77. The molecule has 0 aromatic rings. The predicted octanol–water partition coefficient (Wildman–Crippen LogP) is 0.867. The summed E-state index contributed by atoms with van der Waals surface area (Å²) < 4.78 is 5.50. The minimum absolute atomic E-state index is 0.267. The zero-order valence-corrected chi connectivity index (χ0v) is 9.85. The second kappa shape index (κ2) is 6.67. The van der Waals surface area contributed by atoms with Gasteiger partial charge in [-0.1, -0.05) is 0 Å². The molecule has 14 heavy (non-hydrogen) atoms. The Labute approximate surface area is 90.6 Å². The van der Waals surface area contributed by atoms with E-state index in [0.717, 1.165) is 18.8 Å². The van der Waals surface area contributed by atoms with E-state index in [2.05, 4.69) is 12.2 Å². The molecule has 1 aliphatic heterocycles. The highest BCUT2D eigenvalue weighted by atomic mass is 32.2. The molecule has 0 aliphatic carbocycles. The van der Waals surface area contributed by atoms with Gasteiger partial charge in [0, 0.05) is 30.3 Å². The number of aliphatic hydroxyl groups excluding tert-OH is 1. The maximum Gasteiger partial charge on any atom is 0.0666 e. The number of hydrogen-bond donors (Lipinski definition) is 2. The van der Waals surface area contributed by atoms with Crippen LogP contribution in [0.25, 0.3) is 0 Å². The molecule has 2 N–H and O–H groups in total. The molecule has 0 aromatic heterocycles. The molecule has 1 aliphatic rings. The van der Waals surface area contributed by atoms with Crippen molar-refractivity contribution in [2.24, 2.45) is 0 Å². The molecule has 0 spiro atoms. The van der Waals surface area contributed by atoms with Crippen molar-refractivity contribution in [1.29, 1.82) is 0 Å². The Morgan fingerprint density at radius 2 is 2.43 bits per heavy atom. The molecule has 3 atom stereocenters. The fourth-order valence-electron chi connectivity index (χ4n) is 1.64. The van der Waals surface area contributed by atoms with E-state index in [1.165, 1.54) is 6.42 Å². The quantitative estimate of drug-likeness (QED) is 0.695. The number of aliphatic hydroxyl groups is 1. The Kier molecular flexibility index (Phi) is 5.86. The topological polar surface area (TPSA) is 41.5 Å². The zero-order chi connectivity index (χ0) is 10.4. The van der Waals surface area contributed by atoms with Gasteiger partial charge in [-0.2, -0.15) is 11.8 Å². The van der Waals surface area contributed by atoms with Crippen molar-refractivity contribution in [2.75, 3.05) is 26.0 Å². The fraction of sp³-hybridized carbons (Fsp3) is 1.00. The summed E-state index contributed by atoms with van der Waals surface area (Å²) in [6.07, 6.45) is 2.40. The molecular formula is C10H21NO2S. The predicted molar refractivity (Wildman–Crippen MR) is 60.8 cm³/mol. The van der Waals surface area contributed by atoms with Gasteiger partial charge in [0.25, 0.3) is 0 Å². The van der Waals surface area contributed by atoms with E-state index in [1.807, 2.05) is 18.8 Å². The van der Waals surface area contributed by atoms with Gasteiger partial charge < -0.3 is 15.2 Å². The summed E-state index contributed by atoms with van der Waals surface area (Å²) in [5.41, 5.74) is 0. The number of nitrogens with one attached hydrogen (secondary N) is 1. The molecular weight excluding hydrogens is 198 g/mol. The Hall–Kier alpha value is 0.230. The van der Waals surface area contributed by atoms with E-state index in [1.54, 1.807) is 0 Å². The summed E-state index contributed by atoms with van der Waals surface area (Å²) in [5, 5.41) is 12.7. The van der Waals surface area contributed by atoms with Gasteiger partial charge in [-0.05, 0) is 26.8 Å². The van der Waals surface area contributed by atoms with Crippen molar-refractivity contribution >= 4 is 11.8 Å². The van der Waals surface area contributed by atoms with Crippen molar-refractivity contribution in [3.8, 4) is 0 Å². The summed E-state index contributed by atoms with van der Waals surface area (Å²) >= 11 is 1.97. The van der Waals surface area contributed by atoms with Crippen LogP contribution in [0.1, 0.15) is 19.8 Å². The zero-order valence-electron chi connectivity index (χ0n) is 9.03. The smallest absolute Gasteiger partial charge is 0.0666 e. The average molecular weight is 219 g/mol. The summed E-state index contributed by atoms with van der Waals surface area (Å²) in [7, 11) is 1.95. The highest BCUT2D eigenvalue weighted by Crippen LogP contribution is 2.26. The van der Waals surface area contributed by atoms with Crippen LogP contribution in [0.5, 0.6) is 0 Å². The van der Waals surface area contributed by atoms with Gasteiger partial charge in [0.05, 0.1) is 6.10 Å². The van der Waals surface area contributed by atoms with Crippen LogP contribution in [-0.4, -0.2) is 48.5 Å². The standard InChI is InChI=1S/C10H21NO2S/c1-8-10(4-6-13-8)14-7-9(11-2)3-5-12/h8-12H,3-7H2,1-2H3. The summed E-state index contributed by atoms with van der Waals surface area (Å²) in [4.78, 5) is 0. The highest BCUT2D eigenvalue weighted by molar-refractivity contribution is 8.00. The molecule has 1 rings (SSSR count). The lowest BCUT2D eigenvalue weighted by Crippen LogP contribution is -2.30. The van der Waals surface area contributed by atoms with E-state index in [0.29, 0.717) is 17.4 Å². The lowest BCUT2D eigenvalue weighted by Gasteiger charge is -2.18. The molecule has 0 amide bonds. The molecule has 1 fully saturated rings.